The van der Waals surface area contributed by atoms with Gasteiger partial charge in [-0.2, -0.15) is 10.4 Å². The maximum absolute atomic E-state index is 14.0. The number of imide groups is 1. The van der Waals surface area contributed by atoms with Crippen LogP contribution in [0.4, 0.5) is 0 Å². The number of hydrogen-bond acceptors (Lipinski definition) is 5. The van der Waals surface area contributed by atoms with Crippen LogP contribution < -0.4 is 4.74 Å². The van der Waals surface area contributed by atoms with E-state index in [0.29, 0.717) is 23.4 Å². The Hall–Kier alpha value is -5.22. The molecule has 41 heavy (non-hydrogen) atoms. The Bertz CT molecular complexity index is 1730. The molecule has 7 nitrogen and oxygen atoms in total. The summed E-state index contributed by atoms with van der Waals surface area (Å²) in [5.74, 6) is -0.252. The first-order chi connectivity index (χ1) is 19.8. The molecular weight excluding hydrogens is 512 g/mol. The van der Waals surface area contributed by atoms with Crippen LogP contribution in [0.15, 0.2) is 102 Å². The van der Waals surface area contributed by atoms with Crippen molar-refractivity contribution in [2.75, 3.05) is 6.61 Å². The number of benzene rings is 3. The lowest BCUT2D eigenvalue weighted by molar-refractivity contribution is -0.143. The molecule has 0 aliphatic carbocycles. The Morgan fingerprint density at radius 2 is 1.66 bits per heavy atom. The van der Waals surface area contributed by atoms with Crippen LogP contribution in [0.1, 0.15) is 43.5 Å². The Morgan fingerprint density at radius 1 is 0.976 bits per heavy atom. The van der Waals surface area contributed by atoms with E-state index in [1.165, 1.54) is 4.90 Å². The number of amides is 2. The second-order valence-corrected chi connectivity index (χ2v) is 9.86. The third-order valence-corrected chi connectivity index (χ3v) is 7.25. The lowest BCUT2D eigenvalue weighted by atomic mass is 9.91. The van der Waals surface area contributed by atoms with Crippen molar-refractivity contribution in [3.8, 4) is 28.8 Å². The molecule has 1 aliphatic rings. The van der Waals surface area contributed by atoms with Gasteiger partial charge in [0.15, 0.2) is 0 Å². The summed E-state index contributed by atoms with van der Waals surface area (Å²) in [6.07, 6.45) is 3.59. The third kappa shape index (κ3) is 5.20. The van der Waals surface area contributed by atoms with E-state index in [-0.39, 0.29) is 11.1 Å². The first-order valence-electron chi connectivity index (χ1n) is 13.5. The molecule has 0 fully saturated rings. The summed E-state index contributed by atoms with van der Waals surface area (Å²) in [5.41, 5.74) is 5.38. The largest absolute Gasteiger partial charge is 0.494 e. The van der Waals surface area contributed by atoms with Gasteiger partial charge >= 0.3 is 0 Å². The van der Waals surface area contributed by atoms with Crippen molar-refractivity contribution >= 4 is 17.9 Å². The van der Waals surface area contributed by atoms with Crippen LogP contribution in [0, 0.1) is 18.3 Å². The topological polar surface area (TPSA) is 88.2 Å². The highest BCUT2D eigenvalue weighted by molar-refractivity contribution is 6.20. The molecule has 0 spiro atoms. The van der Waals surface area contributed by atoms with Gasteiger partial charge in [-0.3, -0.25) is 14.5 Å². The molecule has 0 saturated carbocycles. The second-order valence-electron chi connectivity index (χ2n) is 9.86. The number of aromatic nitrogens is 2. The van der Waals surface area contributed by atoms with Crippen molar-refractivity contribution in [2.24, 2.45) is 0 Å². The van der Waals surface area contributed by atoms with Gasteiger partial charge in [-0.05, 0) is 80.8 Å². The Labute approximate surface area is 239 Å². The molecule has 7 heteroatoms. The number of nitrogens with zero attached hydrogens (tertiary/aromatic N) is 4. The van der Waals surface area contributed by atoms with Crippen LogP contribution in [-0.4, -0.2) is 33.1 Å². The number of hydrogen-bond donors (Lipinski definition) is 0. The number of ether oxygens (including phenoxy) is 1. The van der Waals surface area contributed by atoms with Crippen molar-refractivity contribution in [2.45, 2.75) is 33.7 Å². The van der Waals surface area contributed by atoms with Crippen LogP contribution in [0.3, 0.4) is 0 Å². The molecule has 2 amide bonds. The monoisotopic (exact) mass is 542 g/mol. The first-order valence-corrected chi connectivity index (χ1v) is 13.5. The molecule has 0 N–H and O–H groups in total. The van der Waals surface area contributed by atoms with E-state index in [9.17, 15) is 14.9 Å². The molecule has 3 aromatic carbocycles. The SMILES string of the molecule is CCOc1ccc(-c2nn(-c3ccccc3)cc2/C=C2/C(=O)N(C(C)c3ccccc3)C(=O)C(C#N)=C2C)cc1C. The molecule has 1 aliphatic heterocycles. The summed E-state index contributed by atoms with van der Waals surface area (Å²) >= 11 is 0. The summed E-state index contributed by atoms with van der Waals surface area (Å²) in [6, 6.07) is 26.4. The van der Waals surface area contributed by atoms with Crippen LogP contribution >= 0.6 is 0 Å². The van der Waals surface area contributed by atoms with E-state index in [4.69, 9.17) is 9.84 Å². The van der Waals surface area contributed by atoms with Gasteiger partial charge in [-0.25, -0.2) is 4.68 Å². The van der Waals surface area contributed by atoms with Gasteiger partial charge in [0, 0.05) is 22.9 Å². The molecule has 2 heterocycles. The summed E-state index contributed by atoms with van der Waals surface area (Å²) in [5, 5.41) is 14.8. The fraction of sp³-hybridized carbons (Fsp3) is 0.176. The van der Waals surface area contributed by atoms with Crippen LogP contribution in [-0.2, 0) is 9.59 Å². The van der Waals surface area contributed by atoms with E-state index in [1.54, 1.807) is 24.6 Å². The fourth-order valence-corrected chi connectivity index (χ4v) is 5.03. The zero-order valence-electron chi connectivity index (χ0n) is 23.5. The van der Waals surface area contributed by atoms with E-state index < -0.39 is 17.9 Å². The number of nitriles is 1. The highest BCUT2D eigenvalue weighted by Gasteiger charge is 2.39. The van der Waals surface area contributed by atoms with Gasteiger partial charge in [0.25, 0.3) is 11.8 Å². The average molecular weight is 543 g/mol. The number of rotatable bonds is 7. The summed E-state index contributed by atoms with van der Waals surface area (Å²) in [4.78, 5) is 28.5. The van der Waals surface area contributed by atoms with Gasteiger partial charge in [-0.1, -0.05) is 48.5 Å². The number of carbonyl (C=O) groups is 2. The summed E-state index contributed by atoms with van der Waals surface area (Å²) in [6.45, 7) is 7.92. The second kappa shape index (κ2) is 11.5. The lowest BCUT2D eigenvalue weighted by Crippen LogP contribution is -2.44. The molecule has 204 valence electrons. The fourth-order valence-electron chi connectivity index (χ4n) is 5.03. The number of para-hydroxylation sites is 1. The lowest BCUT2D eigenvalue weighted by Gasteiger charge is -2.32. The van der Waals surface area contributed by atoms with Gasteiger partial charge in [0.2, 0.25) is 0 Å². The molecular formula is C34H30N4O3. The van der Waals surface area contributed by atoms with E-state index >= 15 is 0 Å². The van der Waals surface area contributed by atoms with E-state index in [1.807, 2.05) is 105 Å². The van der Waals surface area contributed by atoms with Crippen LogP contribution in [0.25, 0.3) is 23.0 Å². The minimum atomic E-state index is -0.592. The number of aryl methyl sites for hydroxylation is 1. The van der Waals surface area contributed by atoms with Gasteiger partial charge < -0.3 is 4.74 Å². The molecule has 1 aromatic heterocycles. The highest BCUT2D eigenvalue weighted by Crippen LogP contribution is 2.35. The minimum absolute atomic E-state index is 0.0486. The maximum atomic E-state index is 14.0. The zero-order chi connectivity index (χ0) is 29.1. The molecule has 4 aromatic rings. The van der Waals surface area contributed by atoms with Crippen molar-refractivity contribution in [3.05, 3.63) is 118 Å². The molecule has 0 bridgehead atoms. The smallest absolute Gasteiger partial charge is 0.272 e. The van der Waals surface area contributed by atoms with Gasteiger partial charge in [0.05, 0.1) is 24.0 Å². The standard InChI is InChI=1S/C34H30N4O3/c1-5-41-31-17-16-26(18-22(31)2)32-27(21-37(36-32)28-14-10-7-11-15-28)19-29-23(3)30(20-35)34(40)38(33(29)39)24(4)25-12-8-6-9-13-25/h6-19,21,24H,5H2,1-4H3/b29-19+. The third-order valence-electron chi connectivity index (χ3n) is 7.25. The van der Waals surface area contributed by atoms with Gasteiger partial charge in [0.1, 0.15) is 17.4 Å². The Balaban J connectivity index is 1.68. The summed E-state index contributed by atoms with van der Waals surface area (Å²) in [7, 11) is 0. The molecule has 0 saturated heterocycles. The quantitative estimate of drug-likeness (QED) is 0.194. The normalized spacial score (nSPS) is 15.3. The first kappa shape index (κ1) is 27.4. The predicted molar refractivity (Wildman–Crippen MR) is 158 cm³/mol. The molecule has 1 atom stereocenters. The molecule has 1 unspecified atom stereocenters. The molecule has 0 radical (unpaired) electrons. The molecule has 5 rings (SSSR count). The minimum Gasteiger partial charge on any atom is -0.494 e. The average Bonchev–Trinajstić information content (AvgIpc) is 3.41. The maximum Gasteiger partial charge on any atom is 0.272 e. The highest BCUT2D eigenvalue weighted by atomic mass is 16.5. The van der Waals surface area contributed by atoms with E-state index in [2.05, 4.69) is 0 Å². The number of carbonyl (C=O) groups excluding carboxylic acids is 2. The zero-order valence-corrected chi connectivity index (χ0v) is 23.5. The predicted octanol–water partition coefficient (Wildman–Crippen LogP) is 6.60. The Morgan fingerprint density at radius 3 is 2.29 bits per heavy atom. The van der Waals surface area contributed by atoms with Crippen LogP contribution in [0.5, 0.6) is 5.75 Å². The van der Waals surface area contributed by atoms with Crippen molar-refractivity contribution in [1.82, 2.24) is 14.7 Å². The van der Waals surface area contributed by atoms with Crippen molar-refractivity contribution in [1.29, 1.82) is 5.26 Å². The van der Waals surface area contributed by atoms with Crippen molar-refractivity contribution < 1.29 is 14.3 Å². The van der Waals surface area contributed by atoms with E-state index in [0.717, 1.165) is 28.1 Å². The summed E-state index contributed by atoms with van der Waals surface area (Å²) < 4.78 is 7.49. The van der Waals surface area contributed by atoms with Crippen molar-refractivity contribution in [3.63, 3.8) is 0 Å². The Kier molecular flexibility index (Phi) is 7.66. The van der Waals surface area contributed by atoms with Gasteiger partial charge in [-0.15, -0.1) is 0 Å². The van der Waals surface area contributed by atoms with Crippen LogP contribution in [0.2, 0.25) is 0 Å².